The van der Waals surface area contributed by atoms with Crippen LogP contribution in [0.15, 0.2) is 17.3 Å². The number of carboxylic acid groups (broad SMARTS) is 1. The second-order valence-corrected chi connectivity index (χ2v) is 5.96. The van der Waals surface area contributed by atoms with Crippen molar-refractivity contribution in [3.05, 3.63) is 12.4 Å². The maximum absolute atomic E-state index is 12.1. The lowest BCUT2D eigenvalue weighted by atomic mass is 10.4. The highest BCUT2D eigenvalue weighted by Gasteiger charge is 2.24. The summed E-state index contributed by atoms with van der Waals surface area (Å²) in [5.41, 5.74) is 0. The third-order valence-corrected chi connectivity index (χ3v) is 4.21. The monoisotopic (exact) mass is 305 g/mol. The van der Waals surface area contributed by atoms with Gasteiger partial charge in [-0.3, -0.25) is 14.3 Å². The number of nitrogens with zero attached hydrogens (tertiary/aromatic N) is 3. The topological polar surface area (TPSA) is 119 Å². The molecule has 1 N–H and O–H groups in total. The van der Waals surface area contributed by atoms with Gasteiger partial charge in [0.2, 0.25) is 10.0 Å². The van der Waals surface area contributed by atoms with Gasteiger partial charge in [0.25, 0.3) is 0 Å². The lowest BCUT2D eigenvalue weighted by Gasteiger charge is -2.14. The zero-order chi connectivity index (χ0) is 15.3. The maximum Gasteiger partial charge on any atom is 0.321 e. The SMILES string of the molecule is COC(=O)CN(C)S(=O)(=O)c1cnn(CCC(=O)O)c1. The Morgan fingerprint density at radius 1 is 1.50 bits per heavy atom. The van der Waals surface area contributed by atoms with E-state index in [1.54, 1.807) is 0 Å². The average Bonchev–Trinajstić information content (AvgIpc) is 2.85. The van der Waals surface area contributed by atoms with Gasteiger partial charge < -0.3 is 9.84 Å². The number of ether oxygens (including phenoxy) is 1. The number of esters is 1. The molecule has 0 aliphatic carbocycles. The number of sulfonamides is 1. The molecule has 0 unspecified atom stereocenters. The molecule has 10 heteroatoms. The zero-order valence-electron chi connectivity index (χ0n) is 11.0. The van der Waals surface area contributed by atoms with Crippen molar-refractivity contribution in [3.8, 4) is 0 Å². The van der Waals surface area contributed by atoms with E-state index in [0.717, 1.165) is 17.6 Å². The van der Waals surface area contributed by atoms with Gasteiger partial charge in [-0.25, -0.2) is 8.42 Å². The third-order valence-electron chi connectivity index (χ3n) is 2.45. The predicted molar refractivity (Wildman–Crippen MR) is 66.3 cm³/mol. The highest BCUT2D eigenvalue weighted by Crippen LogP contribution is 2.13. The molecule has 0 bridgehead atoms. The summed E-state index contributed by atoms with van der Waals surface area (Å²) in [5.74, 6) is -1.69. The van der Waals surface area contributed by atoms with Crippen LogP contribution in [0.2, 0.25) is 0 Å². The number of aromatic nitrogens is 2. The van der Waals surface area contributed by atoms with Crippen molar-refractivity contribution in [2.24, 2.45) is 0 Å². The summed E-state index contributed by atoms with van der Waals surface area (Å²) in [6, 6.07) is 0. The summed E-state index contributed by atoms with van der Waals surface area (Å²) in [6.07, 6.45) is 2.15. The molecule has 0 atom stereocenters. The number of carbonyl (C=O) groups excluding carboxylic acids is 1. The first kappa shape index (κ1) is 16.1. The quantitative estimate of drug-likeness (QED) is 0.652. The fourth-order valence-corrected chi connectivity index (χ4v) is 2.39. The highest BCUT2D eigenvalue weighted by molar-refractivity contribution is 7.89. The van der Waals surface area contributed by atoms with Gasteiger partial charge in [0.15, 0.2) is 0 Å². The summed E-state index contributed by atoms with van der Waals surface area (Å²) in [6.45, 7) is -0.356. The van der Waals surface area contributed by atoms with Gasteiger partial charge in [-0.05, 0) is 0 Å². The Kier molecular flexibility index (Phi) is 5.22. The first-order valence-corrected chi connectivity index (χ1v) is 6.98. The van der Waals surface area contributed by atoms with Crippen molar-refractivity contribution in [2.75, 3.05) is 20.7 Å². The fourth-order valence-electron chi connectivity index (χ4n) is 1.32. The average molecular weight is 305 g/mol. The fraction of sp³-hybridized carbons (Fsp3) is 0.500. The Bertz CT molecular complexity index is 594. The summed E-state index contributed by atoms with van der Waals surface area (Å²) < 4.78 is 30.6. The molecule has 112 valence electrons. The number of aliphatic carboxylic acids is 1. The number of methoxy groups -OCH3 is 1. The van der Waals surface area contributed by atoms with Crippen LogP contribution in [0.25, 0.3) is 0 Å². The van der Waals surface area contributed by atoms with Gasteiger partial charge in [0.05, 0.1) is 26.3 Å². The Morgan fingerprint density at radius 3 is 2.70 bits per heavy atom. The molecule has 0 saturated heterocycles. The highest BCUT2D eigenvalue weighted by atomic mass is 32.2. The van der Waals surface area contributed by atoms with E-state index in [1.807, 2.05) is 0 Å². The van der Waals surface area contributed by atoms with Crippen LogP contribution in [0.1, 0.15) is 6.42 Å². The maximum atomic E-state index is 12.1. The van der Waals surface area contributed by atoms with Crippen LogP contribution in [0, 0.1) is 0 Å². The molecule has 1 aromatic heterocycles. The van der Waals surface area contributed by atoms with E-state index in [-0.39, 0.29) is 17.9 Å². The number of hydrogen-bond acceptors (Lipinski definition) is 6. The van der Waals surface area contributed by atoms with Crippen molar-refractivity contribution in [1.29, 1.82) is 0 Å². The van der Waals surface area contributed by atoms with Gasteiger partial charge in [0, 0.05) is 13.2 Å². The molecule has 1 heterocycles. The van der Waals surface area contributed by atoms with Crippen LogP contribution in [-0.2, 0) is 30.9 Å². The van der Waals surface area contributed by atoms with E-state index < -0.39 is 28.5 Å². The smallest absolute Gasteiger partial charge is 0.321 e. The number of hydrogen-bond donors (Lipinski definition) is 1. The zero-order valence-corrected chi connectivity index (χ0v) is 11.8. The second-order valence-electron chi connectivity index (χ2n) is 3.92. The Labute approximate surface area is 115 Å². The van der Waals surface area contributed by atoms with Crippen molar-refractivity contribution in [1.82, 2.24) is 14.1 Å². The first-order valence-electron chi connectivity index (χ1n) is 5.54. The molecule has 1 rings (SSSR count). The normalized spacial score (nSPS) is 11.6. The molecule has 9 nitrogen and oxygen atoms in total. The van der Waals surface area contributed by atoms with Crippen molar-refractivity contribution >= 4 is 22.0 Å². The molecule has 0 radical (unpaired) electrons. The number of carbonyl (C=O) groups is 2. The van der Waals surface area contributed by atoms with Crippen LogP contribution in [0.5, 0.6) is 0 Å². The minimum Gasteiger partial charge on any atom is -0.481 e. The van der Waals surface area contributed by atoms with E-state index in [4.69, 9.17) is 5.11 Å². The van der Waals surface area contributed by atoms with Crippen LogP contribution in [0.4, 0.5) is 0 Å². The Morgan fingerprint density at radius 2 is 2.15 bits per heavy atom. The summed E-state index contributed by atoms with van der Waals surface area (Å²) >= 11 is 0. The first-order chi connectivity index (χ1) is 9.27. The molecule has 20 heavy (non-hydrogen) atoms. The minimum atomic E-state index is -3.86. The van der Waals surface area contributed by atoms with Crippen molar-refractivity contribution < 1.29 is 27.9 Å². The number of rotatable bonds is 7. The Balaban J connectivity index is 2.82. The van der Waals surface area contributed by atoms with Crippen molar-refractivity contribution in [3.63, 3.8) is 0 Å². The van der Waals surface area contributed by atoms with Crippen LogP contribution in [0.3, 0.4) is 0 Å². The second kappa shape index (κ2) is 6.48. The molecule has 0 aliphatic rings. The van der Waals surface area contributed by atoms with E-state index in [1.165, 1.54) is 17.9 Å². The summed E-state index contributed by atoms with van der Waals surface area (Å²) in [4.78, 5) is 21.4. The molecule has 1 aromatic rings. The largest absolute Gasteiger partial charge is 0.481 e. The molecule has 0 saturated carbocycles. The van der Waals surface area contributed by atoms with E-state index >= 15 is 0 Å². The minimum absolute atomic E-state index is 0.0611. The lowest BCUT2D eigenvalue weighted by molar-refractivity contribution is -0.140. The van der Waals surface area contributed by atoms with Gasteiger partial charge in [-0.2, -0.15) is 9.40 Å². The predicted octanol–water partition coefficient (Wildman–Crippen LogP) is -0.849. The van der Waals surface area contributed by atoms with E-state index in [2.05, 4.69) is 9.84 Å². The summed E-state index contributed by atoms with van der Waals surface area (Å²) in [5, 5.41) is 12.3. The number of carboxylic acids is 1. The van der Waals surface area contributed by atoms with E-state index in [0.29, 0.717) is 0 Å². The van der Waals surface area contributed by atoms with Gasteiger partial charge in [0.1, 0.15) is 11.4 Å². The molecule has 0 amide bonds. The molecule has 0 aliphatic heterocycles. The molecule has 0 aromatic carbocycles. The molecule has 0 fully saturated rings. The van der Waals surface area contributed by atoms with Gasteiger partial charge in [-0.15, -0.1) is 0 Å². The summed E-state index contributed by atoms with van der Waals surface area (Å²) in [7, 11) is -1.46. The molecular weight excluding hydrogens is 290 g/mol. The van der Waals surface area contributed by atoms with Gasteiger partial charge >= 0.3 is 11.9 Å². The lowest BCUT2D eigenvalue weighted by Crippen LogP contribution is -2.32. The Hall–Kier alpha value is -1.94. The standard InChI is InChI=1S/C10H15N3O6S/c1-12(7-10(16)19-2)20(17,18)8-5-11-13(6-8)4-3-9(14)15/h5-6H,3-4,7H2,1-2H3,(H,14,15). The number of aryl methyl sites for hydroxylation is 1. The van der Waals surface area contributed by atoms with Crippen LogP contribution >= 0.6 is 0 Å². The molecular formula is C10H15N3O6S. The third kappa shape index (κ3) is 4.03. The van der Waals surface area contributed by atoms with Gasteiger partial charge in [-0.1, -0.05) is 0 Å². The van der Waals surface area contributed by atoms with Crippen LogP contribution < -0.4 is 0 Å². The van der Waals surface area contributed by atoms with Crippen molar-refractivity contribution in [2.45, 2.75) is 17.9 Å². The van der Waals surface area contributed by atoms with E-state index in [9.17, 15) is 18.0 Å². The van der Waals surface area contributed by atoms with Crippen LogP contribution in [-0.4, -0.2) is 60.3 Å². The molecule has 0 spiro atoms. The number of likely N-dealkylation sites (N-methyl/N-ethyl adjacent to an activating group) is 1.